The maximum atomic E-state index is 11.5. The minimum absolute atomic E-state index is 0.0697. The fourth-order valence-corrected chi connectivity index (χ4v) is 2.06. The molecule has 24 heavy (non-hydrogen) atoms. The average Bonchev–Trinajstić information content (AvgIpc) is 2.48. The van der Waals surface area contributed by atoms with Gasteiger partial charge >= 0.3 is 5.97 Å². The largest absolute Gasteiger partial charge is 0.772 e. The van der Waals surface area contributed by atoms with Crippen molar-refractivity contribution in [2.24, 2.45) is 4.99 Å². The molecule has 0 bridgehead atoms. The van der Waals surface area contributed by atoms with Crippen molar-refractivity contribution in [1.29, 1.82) is 0 Å². The second-order valence-electron chi connectivity index (χ2n) is 4.89. The van der Waals surface area contributed by atoms with Crippen molar-refractivity contribution in [3.8, 4) is 0 Å². The summed E-state index contributed by atoms with van der Waals surface area (Å²) in [7, 11) is 0. The van der Waals surface area contributed by atoms with Gasteiger partial charge in [0.2, 0.25) is 0 Å². The van der Waals surface area contributed by atoms with E-state index in [4.69, 9.17) is 4.74 Å². The monoisotopic (exact) mass is 362 g/mol. The van der Waals surface area contributed by atoms with Crippen molar-refractivity contribution in [1.82, 2.24) is 0 Å². The first-order chi connectivity index (χ1) is 11.1. The molecule has 1 unspecified atom stereocenters. The zero-order chi connectivity index (χ0) is 18.8. The van der Waals surface area contributed by atoms with Crippen molar-refractivity contribution < 1.29 is 42.9 Å². The van der Waals surface area contributed by atoms with E-state index in [-0.39, 0.29) is 25.7 Å². The SMILES string of the molecule is C[C@](COC(=O)CCCC(=O)[O-])([C@@H](N=CCC=O)C(=O)[O-])S(=O)[O-]. The number of rotatable bonds is 12. The molecular formula is C13H16NO9S-3. The molecule has 0 amide bonds. The van der Waals surface area contributed by atoms with Gasteiger partial charge in [-0.3, -0.25) is 14.0 Å². The molecule has 0 saturated carbocycles. The number of aldehydes is 1. The Hall–Kier alpha value is -2.14. The number of hydrogen-bond donors (Lipinski definition) is 0. The zero-order valence-corrected chi connectivity index (χ0v) is 13.6. The number of carboxylic acid groups (broad SMARTS) is 2. The van der Waals surface area contributed by atoms with E-state index < -0.39 is 46.4 Å². The van der Waals surface area contributed by atoms with E-state index in [1.807, 2.05) is 0 Å². The molecule has 0 heterocycles. The van der Waals surface area contributed by atoms with Crippen molar-refractivity contribution in [3.63, 3.8) is 0 Å². The molecule has 0 N–H and O–H groups in total. The van der Waals surface area contributed by atoms with E-state index in [1.165, 1.54) is 0 Å². The minimum Gasteiger partial charge on any atom is -0.772 e. The van der Waals surface area contributed by atoms with E-state index in [0.717, 1.165) is 13.1 Å². The lowest BCUT2D eigenvalue weighted by Gasteiger charge is -2.36. The summed E-state index contributed by atoms with van der Waals surface area (Å²) in [5.41, 5.74) is 0. The van der Waals surface area contributed by atoms with Crippen molar-refractivity contribution in [2.75, 3.05) is 6.61 Å². The van der Waals surface area contributed by atoms with E-state index >= 15 is 0 Å². The van der Waals surface area contributed by atoms with Gasteiger partial charge in [-0.1, -0.05) is 0 Å². The Kier molecular flexibility index (Phi) is 9.65. The number of nitrogens with zero attached hydrogens (tertiary/aromatic N) is 1. The third kappa shape index (κ3) is 7.42. The third-order valence-corrected chi connectivity index (χ3v) is 4.02. The van der Waals surface area contributed by atoms with Gasteiger partial charge < -0.3 is 33.9 Å². The smallest absolute Gasteiger partial charge is 0.305 e. The van der Waals surface area contributed by atoms with Gasteiger partial charge in [-0.2, -0.15) is 0 Å². The quantitative estimate of drug-likeness (QED) is 0.150. The minimum atomic E-state index is -3.01. The van der Waals surface area contributed by atoms with Crippen LogP contribution in [0.5, 0.6) is 0 Å². The van der Waals surface area contributed by atoms with Crippen LogP contribution in [0.1, 0.15) is 32.6 Å². The highest BCUT2D eigenvalue weighted by Gasteiger charge is 2.38. The maximum Gasteiger partial charge on any atom is 0.305 e. The summed E-state index contributed by atoms with van der Waals surface area (Å²) in [4.78, 5) is 46.5. The summed E-state index contributed by atoms with van der Waals surface area (Å²) in [5.74, 6) is -4.08. The number of carbonyl (C=O) groups excluding carboxylic acids is 4. The molecule has 0 radical (unpaired) electrons. The molecule has 0 aromatic carbocycles. The molecule has 0 fully saturated rings. The molecule has 0 aliphatic carbocycles. The van der Waals surface area contributed by atoms with Crippen LogP contribution in [0.2, 0.25) is 0 Å². The highest BCUT2D eigenvalue weighted by Crippen LogP contribution is 2.21. The van der Waals surface area contributed by atoms with Crippen molar-refractivity contribution in [2.45, 2.75) is 43.4 Å². The topological polar surface area (TPSA) is 176 Å². The van der Waals surface area contributed by atoms with Crippen LogP contribution in [-0.2, 0) is 35.0 Å². The van der Waals surface area contributed by atoms with Gasteiger partial charge in [0.1, 0.15) is 18.9 Å². The molecule has 0 aliphatic rings. The van der Waals surface area contributed by atoms with E-state index in [2.05, 4.69) is 4.99 Å². The molecule has 0 aliphatic heterocycles. The maximum absolute atomic E-state index is 11.5. The Morgan fingerprint density at radius 3 is 2.38 bits per heavy atom. The van der Waals surface area contributed by atoms with Crippen LogP contribution in [0, 0.1) is 0 Å². The number of ether oxygens (including phenoxy) is 1. The fourth-order valence-electron chi connectivity index (χ4n) is 1.57. The van der Waals surface area contributed by atoms with Crippen LogP contribution < -0.4 is 10.2 Å². The first kappa shape index (κ1) is 21.9. The van der Waals surface area contributed by atoms with Crippen LogP contribution in [0.3, 0.4) is 0 Å². The Bertz CT molecular complexity index is 534. The predicted molar refractivity (Wildman–Crippen MR) is 75.1 cm³/mol. The van der Waals surface area contributed by atoms with Gasteiger partial charge in [-0.15, -0.1) is 0 Å². The molecule has 0 spiro atoms. The van der Waals surface area contributed by atoms with Gasteiger partial charge in [-0.25, -0.2) is 0 Å². The van der Waals surface area contributed by atoms with Crippen LogP contribution in [0.4, 0.5) is 0 Å². The van der Waals surface area contributed by atoms with Gasteiger partial charge in [-0.05, 0) is 30.8 Å². The summed E-state index contributed by atoms with van der Waals surface area (Å²) in [6.45, 7) is 0.160. The second-order valence-corrected chi connectivity index (χ2v) is 6.29. The first-order valence-electron chi connectivity index (χ1n) is 6.76. The van der Waals surface area contributed by atoms with Crippen molar-refractivity contribution in [3.05, 3.63) is 0 Å². The molecule has 0 aromatic rings. The third-order valence-electron chi connectivity index (χ3n) is 2.92. The highest BCUT2D eigenvalue weighted by molar-refractivity contribution is 7.80. The number of hydrogen-bond acceptors (Lipinski definition) is 10. The van der Waals surface area contributed by atoms with Crippen LogP contribution >= 0.6 is 0 Å². The van der Waals surface area contributed by atoms with Crippen LogP contribution in [0.15, 0.2) is 4.99 Å². The Morgan fingerprint density at radius 2 is 1.92 bits per heavy atom. The number of esters is 1. The number of carboxylic acids is 2. The highest BCUT2D eigenvalue weighted by atomic mass is 32.2. The summed E-state index contributed by atoms with van der Waals surface area (Å²) in [6.07, 6.45) is 0.366. The van der Waals surface area contributed by atoms with Gasteiger partial charge in [0.15, 0.2) is 0 Å². The van der Waals surface area contributed by atoms with Gasteiger partial charge in [0, 0.05) is 25.0 Å². The van der Waals surface area contributed by atoms with Crippen molar-refractivity contribution >= 4 is 41.5 Å². The van der Waals surface area contributed by atoms with Crippen LogP contribution in [-0.4, -0.2) is 56.6 Å². The molecule has 0 aromatic heterocycles. The van der Waals surface area contributed by atoms with E-state index in [0.29, 0.717) is 6.29 Å². The van der Waals surface area contributed by atoms with E-state index in [1.54, 1.807) is 0 Å². The molecule has 136 valence electrons. The molecule has 3 atom stereocenters. The Balaban J connectivity index is 4.98. The average molecular weight is 362 g/mol. The molecule has 11 heteroatoms. The Labute approximate surface area is 140 Å². The van der Waals surface area contributed by atoms with Crippen LogP contribution in [0.25, 0.3) is 0 Å². The molecular weight excluding hydrogens is 346 g/mol. The lowest BCUT2D eigenvalue weighted by Crippen LogP contribution is -2.55. The van der Waals surface area contributed by atoms with Gasteiger partial charge in [0.25, 0.3) is 0 Å². The summed E-state index contributed by atoms with van der Waals surface area (Å²) < 4.78 is 25.4. The normalized spacial score (nSPS) is 16.1. The lowest BCUT2D eigenvalue weighted by molar-refractivity contribution is -0.309. The van der Waals surface area contributed by atoms with Gasteiger partial charge in [0.05, 0.1) is 10.7 Å². The summed E-state index contributed by atoms with van der Waals surface area (Å²) >= 11 is -3.01. The molecule has 10 nitrogen and oxygen atoms in total. The molecule has 0 saturated heterocycles. The number of aliphatic imine (C=N–C) groups is 1. The number of aliphatic carboxylic acids is 2. The first-order valence-corrected chi connectivity index (χ1v) is 7.83. The molecule has 0 rings (SSSR count). The summed E-state index contributed by atoms with van der Waals surface area (Å²) in [5, 5.41) is 21.4. The number of carbonyl (C=O) groups is 4. The Morgan fingerprint density at radius 1 is 1.29 bits per heavy atom. The fraction of sp³-hybridized carbons (Fsp3) is 0.615. The van der Waals surface area contributed by atoms with E-state index in [9.17, 15) is 38.2 Å². The predicted octanol–water partition coefficient (Wildman–Crippen LogP) is -3.13. The summed E-state index contributed by atoms with van der Waals surface area (Å²) in [6, 6.07) is -1.90. The second kappa shape index (κ2) is 10.6. The standard InChI is InChI=1S/C13H19NO9S/c1-13(24(21)22,11(12(19)20)14-6-3-7-15)8-23-10(18)5-2-4-9(16)17/h6-7,11H,2-5,8H2,1H3,(H,16,17)(H,19,20)(H,21,22)/p-3/t11-,13-/m0/s1. The lowest BCUT2D eigenvalue weighted by atomic mass is 10.0. The zero-order valence-electron chi connectivity index (χ0n) is 12.8.